The number of benzene rings is 2. The molecule has 1 atom stereocenters. The van der Waals surface area contributed by atoms with Crippen LogP contribution in [0, 0.1) is 6.92 Å². The van der Waals surface area contributed by atoms with Crippen LogP contribution in [0.15, 0.2) is 59.0 Å². The number of esters is 1. The van der Waals surface area contributed by atoms with Gasteiger partial charge in [0.05, 0.1) is 0 Å². The number of rotatable bonds is 7. The Labute approximate surface area is 169 Å². The van der Waals surface area contributed by atoms with Crippen molar-refractivity contribution >= 4 is 17.6 Å². The van der Waals surface area contributed by atoms with Gasteiger partial charge in [-0.2, -0.15) is 0 Å². The van der Waals surface area contributed by atoms with Crippen LogP contribution in [-0.2, 0) is 9.53 Å². The standard InChI is InChI=1S/C23H24N2O4/c1-4-15(2)17-10-12-19(13-11-17)24-20(26)14-28-23(27)21-16(3)29-22(25-21)18-8-6-5-7-9-18/h5-13,15H,4,14H2,1-3H3,(H,24,26)/t15-/m1/s1. The number of ether oxygens (including phenoxy) is 1. The van der Waals surface area contributed by atoms with Crippen LogP contribution in [0.2, 0.25) is 0 Å². The lowest BCUT2D eigenvalue weighted by Gasteiger charge is -2.10. The van der Waals surface area contributed by atoms with Gasteiger partial charge >= 0.3 is 5.97 Å². The highest BCUT2D eigenvalue weighted by molar-refractivity contribution is 5.95. The molecule has 0 aliphatic heterocycles. The smallest absolute Gasteiger partial charge is 0.361 e. The third-order valence-corrected chi connectivity index (χ3v) is 4.72. The zero-order valence-electron chi connectivity index (χ0n) is 16.8. The lowest BCUT2D eigenvalue weighted by Crippen LogP contribution is -2.21. The number of hydrogen-bond acceptors (Lipinski definition) is 5. The van der Waals surface area contributed by atoms with Gasteiger partial charge in [0, 0.05) is 11.3 Å². The van der Waals surface area contributed by atoms with E-state index in [0.29, 0.717) is 23.3 Å². The van der Waals surface area contributed by atoms with Gasteiger partial charge in [-0.15, -0.1) is 0 Å². The van der Waals surface area contributed by atoms with E-state index < -0.39 is 18.5 Å². The van der Waals surface area contributed by atoms with Gasteiger partial charge in [-0.05, 0) is 49.1 Å². The summed E-state index contributed by atoms with van der Waals surface area (Å²) in [7, 11) is 0. The number of nitrogens with one attached hydrogen (secondary N) is 1. The van der Waals surface area contributed by atoms with Gasteiger partial charge in [-0.1, -0.05) is 44.2 Å². The molecular formula is C23H24N2O4. The van der Waals surface area contributed by atoms with Crippen molar-refractivity contribution in [3.05, 3.63) is 71.6 Å². The number of aryl methyl sites for hydroxylation is 1. The number of carbonyl (C=O) groups is 2. The second-order valence-electron chi connectivity index (χ2n) is 6.85. The van der Waals surface area contributed by atoms with Crippen LogP contribution in [0.25, 0.3) is 11.5 Å². The minimum Gasteiger partial charge on any atom is -0.451 e. The Bertz CT molecular complexity index is 978. The van der Waals surface area contributed by atoms with Gasteiger partial charge in [-0.3, -0.25) is 4.79 Å². The van der Waals surface area contributed by atoms with Crippen molar-refractivity contribution in [3.63, 3.8) is 0 Å². The Morgan fingerprint density at radius 3 is 2.45 bits per heavy atom. The molecule has 1 aromatic heterocycles. The van der Waals surface area contributed by atoms with Crippen molar-refractivity contribution in [1.82, 2.24) is 4.98 Å². The third kappa shape index (κ3) is 5.10. The maximum Gasteiger partial charge on any atom is 0.361 e. The topological polar surface area (TPSA) is 81.4 Å². The molecule has 0 aliphatic rings. The molecule has 6 nitrogen and oxygen atoms in total. The molecule has 0 radical (unpaired) electrons. The first-order valence-electron chi connectivity index (χ1n) is 9.57. The van der Waals surface area contributed by atoms with Crippen LogP contribution in [0.4, 0.5) is 5.69 Å². The van der Waals surface area contributed by atoms with Crippen molar-refractivity contribution in [1.29, 1.82) is 0 Å². The van der Waals surface area contributed by atoms with Crippen molar-refractivity contribution in [3.8, 4) is 11.5 Å². The predicted octanol–water partition coefficient (Wildman–Crippen LogP) is 4.96. The maximum atomic E-state index is 12.3. The van der Waals surface area contributed by atoms with Crippen LogP contribution in [0.1, 0.15) is 48.0 Å². The Hall–Kier alpha value is -3.41. The summed E-state index contributed by atoms with van der Waals surface area (Å²) >= 11 is 0. The van der Waals surface area contributed by atoms with Gasteiger partial charge in [0.1, 0.15) is 5.76 Å². The first-order valence-corrected chi connectivity index (χ1v) is 9.57. The average Bonchev–Trinajstić information content (AvgIpc) is 3.14. The summed E-state index contributed by atoms with van der Waals surface area (Å²) in [6.07, 6.45) is 1.05. The van der Waals surface area contributed by atoms with E-state index in [1.54, 1.807) is 6.92 Å². The number of oxazole rings is 1. The quantitative estimate of drug-likeness (QED) is 0.575. The van der Waals surface area contributed by atoms with Crippen LogP contribution in [-0.4, -0.2) is 23.5 Å². The van der Waals surface area contributed by atoms with Crippen LogP contribution in [0.3, 0.4) is 0 Å². The second kappa shape index (κ2) is 9.19. The molecule has 0 saturated carbocycles. The number of aromatic nitrogens is 1. The maximum absolute atomic E-state index is 12.3. The number of anilines is 1. The van der Waals surface area contributed by atoms with Crippen molar-refractivity contribution in [2.24, 2.45) is 0 Å². The summed E-state index contributed by atoms with van der Waals surface area (Å²) in [4.78, 5) is 28.6. The summed E-state index contributed by atoms with van der Waals surface area (Å²) in [6, 6.07) is 16.9. The first kappa shape index (κ1) is 20.3. The van der Waals surface area contributed by atoms with Crippen molar-refractivity contribution in [2.75, 3.05) is 11.9 Å². The highest BCUT2D eigenvalue weighted by atomic mass is 16.5. The van der Waals surface area contributed by atoms with Crippen molar-refractivity contribution in [2.45, 2.75) is 33.1 Å². The summed E-state index contributed by atoms with van der Waals surface area (Å²) in [5.41, 5.74) is 2.69. The largest absolute Gasteiger partial charge is 0.451 e. The number of nitrogens with zero attached hydrogens (tertiary/aromatic N) is 1. The molecule has 0 spiro atoms. The zero-order chi connectivity index (χ0) is 20.8. The second-order valence-corrected chi connectivity index (χ2v) is 6.85. The van der Waals surface area contributed by atoms with Crippen LogP contribution in [0.5, 0.6) is 0 Å². The van der Waals surface area contributed by atoms with E-state index in [0.717, 1.165) is 12.0 Å². The van der Waals surface area contributed by atoms with E-state index in [4.69, 9.17) is 9.15 Å². The van der Waals surface area contributed by atoms with E-state index >= 15 is 0 Å². The molecule has 29 heavy (non-hydrogen) atoms. The summed E-state index contributed by atoms with van der Waals surface area (Å²) in [6.45, 7) is 5.52. The number of carbonyl (C=O) groups excluding carboxylic acids is 2. The van der Waals surface area contributed by atoms with Gasteiger partial charge in [0.15, 0.2) is 12.3 Å². The molecule has 3 aromatic rings. The SMILES string of the molecule is CC[C@@H](C)c1ccc(NC(=O)COC(=O)c2nc(-c3ccccc3)oc2C)cc1. The molecule has 0 saturated heterocycles. The summed E-state index contributed by atoms with van der Waals surface area (Å²) in [5, 5.41) is 2.72. The Kier molecular flexibility index (Phi) is 6.44. The molecule has 0 unspecified atom stereocenters. The highest BCUT2D eigenvalue weighted by Crippen LogP contribution is 2.22. The molecule has 0 bridgehead atoms. The summed E-state index contributed by atoms with van der Waals surface area (Å²) < 4.78 is 10.6. The monoisotopic (exact) mass is 392 g/mol. The highest BCUT2D eigenvalue weighted by Gasteiger charge is 2.20. The van der Waals surface area contributed by atoms with E-state index in [9.17, 15) is 9.59 Å². The Balaban J connectivity index is 1.56. The van der Waals surface area contributed by atoms with E-state index in [-0.39, 0.29) is 5.69 Å². The average molecular weight is 392 g/mol. The van der Waals surface area contributed by atoms with Gasteiger partial charge in [0.2, 0.25) is 5.89 Å². The molecule has 150 valence electrons. The molecule has 0 aliphatic carbocycles. The predicted molar refractivity (Wildman–Crippen MR) is 111 cm³/mol. The molecule has 6 heteroatoms. The molecule has 1 N–H and O–H groups in total. The fourth-order valence-corrected chi connectivity index (χ4v) is 2.82. The molecule has 3 rings (SSSR count). The molecule has 1 heterocycles. The summed E-state index contributed by atoms with van der Waals surface area (Å²) in [5.74, 6) is 0.0257. The minimum atomic E-state index is -0.698. The molecule has 0 fully saturated rings. The fraction of sp³-hybridized carbons (Fsp3) is 0.261. The van der Waals surface area contributed by atoms with E-state index in [1.807, 2.05) is 54.6 Å². The fourth-order valence-electron chi connectivity index (χ4n) is 2.82. The lowest BCUT2D eigenvalue weighted by molar-refractivity contribution is -0.119. The van der Waals surface area contributed by atoms with Crippen LogP contribution >= 0.6 is 0 Å². The normalized spacial score (nSPS) is 11.7. The van der Waals surface area contributed by atoms with Crippen LogP contribution < -0.4 is 5.32 Å². The third-order valence-electron chi connectivity index (χ3n) is 4.72. The Morgan fingerprint density at radius 1 is 1.10 bits per heavy atom. The first-order chi connectivity index (χ1) is 14.0. The molecule has 1 amide bonds. The van der Waals surface area contributed by atoms with E-state index in [2.05, 4.69) is 24.1 Å². The zero-order valence-corrected chi connectivity index (χ0v) is 16.8. The van der Waals surface area contributed by atoms with Crippen molar-refractivity contribution < 1.29 is 18.7 Å². The van der Waals surface area contributed by atoms with Gasteiger partial charge in [0.25, 0.3) is 5.91 Å². The minimum absolute atomic E-state index is 0.0644. The molecule has 2 aromatic carbocycles. The van der Waals surface area contributed by atoms with Gasteiger partial charge in [-0.25, -0.2) is 9.78 Å². The lowest BCUT2D eigenvalue weighted by atomic mass is 9.99. The Morgan fingerprint density at radius 2 is 1.79 bits per heavy atom. The van der Waals surface area contributed by atoms with E-state index in [1.165, 1.54) is 5.56 Å². The number of hydrogen-bond donors (Lipinski definition) is 1. The van der Waals surface area contributed by atoms with Gasteiger partial charge < -0.3 is 14.5 Å². The number of amides is 1. The molecular weight excluding hydrogens is 368 g/mol.